The van der Waals surface area contributed by atoms with Crippen LogP contribution in [0.3, 0.4) is 0 Å². The number of nitriles is 1. The summed E-state index contributed by atoms with van der Waals surface area (Å²) in [5, 5.41) is 14.5. The van der Waals surface area contributed by atoms with Gasteiger partial charge < -0.3 is 4.74 Å². The number of morpholine rings is 1. The molecule has 3 fully saturated rings. The molecular formula is C31H23F4N5O3. The van der Waals surface area contributed by atoms with Crippen molar-refractivity contribution >= 4 is 29.3 Å². The highest BCUT2D eigenvalue weighted by Crippen LogP contribution is 2.59. The standard InChI is InChI=1S/C31H23F4N5O3/c32-26-10-9-23(15-21(26)16-36)40-30-25(27(37-40)31(33,34)35)11-12-29(18-43-14-13-38(29)30)39(28(30)42)22-7-5-19(6-8-22)24-4-2-1-3-20(24)17-41/h1-10,15,17,25H,11-14,18H2. The number of piperidine rings is 1. The number of hydrogen-bond donors (Lipinski definition) is 0. The number of hydrogen-bond acceptors (Lipinski definition) is 7. The molecule has 0 saturated carbocycles. The fourth-order valence-electron chi connectivity index (χ4n) is 7.24. The van der Waals surface area contributed by atoms with Gasteiger partial charge in [-0.05, 0) is 54.3 Å². The summed E-state index contributed by atoms with van der Waals surface area (Å²) in [5.74, 6) is -2.79. The Morgan fingerprint density at radius 2 is 1.81 bits per heavy atom. The molecule has 3 aromatic rings. The third kappa shape index (κ3) is 3.64. The van der Waals surface area contributed by atoms with Crippen LogP contribution in [0, 0.1) is 23.1 Å². The molecule has 2 bridgehead atoms. The molecule has 3 unspecified atom stereocenters. The van der Waals surface area contributed by atoms with Crippen LogP contribution in [0.5, 0.6) is 0 Å². The molecule has 3 aromatic carbocycles. The number of aldehydes is 1. The topological polar surface area (TPSA) is 89.2 Å². The quantitative estimate of drug-likeness (QED) is 0.311. The minimum Gasteiger partial charge on any atom is -0.376 e. The summed E-state index contributed by atoms with van der Waals surface area (Å²) >= 11 is 0. The number of benzene rings is 3. The Bertz CT molecular complexity index is 1740. The van der Waals surface area contributed by atoms with Crippen molar-refractivity contribution in [2.75, 3.05) is 29.7 Å². The van der Waals surface area contributed by atoms with Crippen molar-refractivity contribution in [3.05, 3.63) is 83.7 Å². The zero-order valence-corrected chi connectivity index (χ0v) is 22.5. The van der Waals surface area contributed by atoms with E-state index < -0.39 is 40.9 Å². The van der Waals surface area contributed by atoms with Crippen LogP contribution in [0.25, 0.3) is 11.1 Å². The molecule has 8 nitrogen and oxygen atoms in total. The summed E-state index contributed by atoms with van der Waals surface area (Å²) in [4.78, 5) is 29.7. The van der Waals surface area contributed by atoms with E-state index >= 15 is 0 Å². The monoisotopic (exact) mass is 589 g/mol. The Morgan fingerprint density at radius 3 is 2.53 bits per heavy atom. The highest BCUT2D eigenvalue weighted by Gasteiger charge is 2.78. The van der Waals surface area contributed by atoms with E-state index in [0.29, 0.717) is 16.8 Å². The van der Waals surface area contributed by atoms with E-state index in [1.807, 2.05) is 0 Å². The van der Waals surface area contributed by atoms with Gasteiger partial charge in [0, 0.05) is 17.8 Å². The molecule has 12 heteroatoms. The lowest BCUT2D eigenvalue weighted by Crippen LogP contribution is -2.72. The Balaban J connectivity index is 1.40. The fourth-order valence-corrected chi connectivity index (χ4v) is 7.24. The van der Waals surface area contributed by atoms with Gasteiger partial charge in [-0.15, -0.1) is 0 Å². The summed E-state index contributed by atoms with van der Waals surface area (Å²) in [6, 6.07) is 19.0. The molecule has 0 aliphatic carbocycles. The fraction of sp³-hybridized carbons (Fsp3) is 0.290. The smallest absolute Gasteiger partial charge is 0.376 e. The van der Waals surface area contributed by atoms with Crippen LogP contribution in [0.2, 0.25) is 0 Å². The van der Waals surface area contributed by atoms with E-state index in [-0.39, 0.29) is 43.9 Å². The first kappa shape index (κ1) is 27.2. The van der Waals surface area contributed by atoms with Gasteiger partial charge in [0.2, 0.25) is 5.66 Å². The van der Waals surface area contributed by atoms with Crippen molar-refractivity contribution in [3.8, 4) is 17.2 Å². The van der Waals surface area contributed by atoms with Crippen LogP contribution in [-0.4, -0.2) is 60.1 Å². The highest BCUT2D eigenvalue weighted by atomic mass is 19.4. The first-order valence-electron chi connectivity index (χ1n) is 13.7. The largest absolute Gasteiger partial charge is 0.431 e. The molecule has 43 heavy (non-hydrogen) atoms. The number of carbonyl (C=O) groups is 2. The molecule has 4 heterocycles. The molecule has 7 rings (SSSR count). The van der Waals surface area contributed by atoms with Gasteiger partial charge in [0.25, 0.3) is 5.91 Å². The highest BCUT2D eigenvalue weighted by molar-refractivity contribution is 6.13. The average Bonchev–Trinajstić information content (AvgIpc) is 3.46. The van der Waals surface area contributed by atoms with E-state index in [2.05, 4.69) is 5.10 Å². The molecule has 218 valence electrons. The van der Waals surface area contributed by atoms with Crippen LogP contribution in [0.4, 0.5) is 28.9 Å². The van der Waals surface area contributed by atoms with E-state index in [1.165, 1.54) is 11.0 Å². The molecule has 1 spiro atoms. The normalized spacial score (nSPS) is 26.5. The summed E-state index contributed by atoms with van der Waals surface area (Å²) in [6.07, 6.45) is -3.89. The first-order chi connectivity index (χ1) is 20.7. The van der Waals surface area contributed by atoms with Crippen LogP contribution in [0.1, 0.15) is 28.8 Å². The number of ether oxygens (including phenoxy) is 1. The second-order valence-electron chi connectivity index (χ2n) is 11.0. The van der Waals surface area contributed by atoms with Gasteiger partial charge in [-0.3, -0.25) is 14.5 Å². The number of alkyl halides is 3. The van der Waals surface area contributed by atoms with Crippen LogP contribution in [-0.2, 0) is 9.53 Å². The maximum atomic E-state index is 14.8. The second kappa shape index (κ2) is 9.45. The van der Waals surface area contributed by atoms with Crippen LogP contribution < -0.4 is 9.91 Å². The lowest BCUT2D eigenvalue weighted by molar-refractivity contribution is -0.138. The maximum Gasteiger partial charge on any atom is 0.431 e. The van der Waals surface area contributed by atoms with E-state index in [1.54, 1.807) is 59.5 Å². The van der Waals surface area contributed by atoms with Gasteiger partial charge >= 0.3 is 6.18 Å². The number of carbonyl (C=O) groups excluding carboxylic acids is 2. The molecule has 0 N–H and O–H groups in total. The second-order valence-corrected chi connectivity index (χ2v) is 11.0. The van der Waals surface area contributed by atoms with Crippen LogP contribution in [0.15, 0.2) is 71.8 Å². The zero-order valence-electron chi connectivity index (χ0n) is 22.5. The van der Waals surface area contributed by atoms with Gasteiger partial charge in [0.1, 0.15) is 23.3 Å². The summed E-state index contributed by atoms with van der Waals surface area (Å²) in [6.45, 7) is 0.388. The maximum absolute atomic E-state index is 14.8. The van der Waals surface area contributed by atoms with Gasteiger partial charge in [-0.1, -0.05) is 36.4 Å². The number of anilines is 2. The average molecular weight is 590 g/mol. The SMILES string of the molecule is N#Cc1cc(N2N=C(C(F)(F)F)C3CCC45COCCN4C32C(=O)N5c2ccc(-c3ccccc3C=O)cc2)ccc1F. The molecule has 3 atom stereocenters. The minimum atomic E-state index is -4.84. The zero-order chi connectivity index (χ0) is 30.1. The Kier molecular flexibility index (Phi) is 5.99. The van der Waals surface area contributed by atoms with Crippen molar-refractivity contribution < 1.29 is 31.9 Å². The third-order valence-electron chi connectivity index (χ3n) is 8.95. The summed E-state index contributed by atoms with van der Waals surface area (Å²) in [7, 11) is 0. The van der Waals surface area contributed by atoms with E-state index in [0.717, 1.165) is 29.0 Å². The number of amides is 1. The van der Waals surface area contributed by atoms with Gasteiger partial charge in [-0.2, -0.15) is 23.5 Å². The van der Waals surface area contributed by atoms with Gasteiger partial charge in [0.15, 0.2) is 6.29 Å². The lowest BCUT2D eigenvalue weighted by Gasteiger charge is -2.54. The minimum absolute atomic E-state index is 0.000472. The summed E-state index contributed by atoms with van der Waals surface area (Å²) in [5.41, 5.74) is -2.13. The predicted octanol–water partition coefficient (Wildman–Crippen LogP) is 5.10. The van der Waals surface area contributed by atoms with Crippen LogP contribution >= 0.6 is 0 Å². The van der Waals surface area contributed by atoms with E-state index in [9.17, 15) is 32.4 Å². The Morgan fingerprint density at radius 1 is 1.07 bits per heavy atom. The lowest BCUT2D eigenvalue weighted by atomic mass is 9.77. The molecule has 4 aliphatic heterocycles. The van der Waals surface area contributed by atoms with Crippen molar-refractivity contribution in [3.63, 3.8) is 0 Å². The summed E-state index contributed by atoms with van der Waals surface area (Å²) < 4.78 is 63.7. The van der Waals surface area contributed by atoms with Gasteiger partial charge in [0.05, 0.1) is 30.4 Å². The molecule has 1 amide bonds. The molecule has 4 aliphatic rings. The first-order valence-corrected chi connectivity index (χ1v) is 13.7. The van der Waals surface area contributed by atoms with Gasteiger partial charge in [-0.25, -0.2) is 14.3 Å². The van der Waals surface area contributed by atoms with Crippen molar-refractivity contribution in [2.24, 2.45) is 11.0 Å². The number of rotatable bonds is 4. The number of hydrazone groups is 1. The molecular weight excluding hydrogens is 566 g/mol. The molecule has 0 aromatic heterocycles. The number of halogens is 4. The van der Waals surface area contributed by atoms with Crippen molar-refractivity contribution in [1.29, 1.82) is 5.26 Å². The predicted molar refractivity (Wildman–Crippen MR) is 148 cm³/mol. The van der Waals surface area contributed by atoms with E-state index in [4.69, 9.17) is 4.74 Å². The Labute approximate surface area is 243 Å². The van der Waals surface area contributed by atoms with Crippen molar-refractivity contribution in [1.82, 2.24) is 4.90 Å². The Hall–Kier alpha value is -4.60. The van der Waals surface area contributed by atoms with Crippen molar-refractivity contribution in [2.45, 2.75) is 30.3 Å². The molecule has 3 saturated heterocycles. The third-order valence-corrected chi connectivity index (χ3v) is 8.95. The molecule has 0 radical (unpaired) electrons. The number of nitrogens with zero attached hydrogens (tertiary/aromatic N) is 5.